The Bertz CT molecular complexity index is 934. The van der Waals surface area contributed by atoms with Crippen molar-refractivity contribution in [2.45, 2.75) is 45.6 Å². The van der Waals surface area contributed by atoms with Crippen LogP contribution in [0.15, 0.2) is 48.5 Å². The fraction of sp³-hybridized carbons (Fsp3) is 0.500. The summed E-state index contributed by atoms with van der Waals surface area (Å²) < 4.78 is 0. The molecule has 0 aliphatic heterocycles. The Hall–Kier alpha value is -2.90. The minimum atomic E-state index is -0.755. The van der Waals surface area contributed by atoms with E-state index in [4.69, 9.17) is 0 Å². The first-order chi connectivity index (χ1) is 16.8. The van der Waals surface area contributed by atoms with E-state index >= 15 is 0 Å². The van der Waals surface area contributed by atoms with Crippen LogP contribution in [-0.2, 0) is 29.0 Å². The molecule has 35 heavy (non-hydrogen) atoms. The van der Waals surface area contributed by atoms with E-state index in [1.54, 1.807) is 0 Å². The monoisotopic (exact) mass is 483 g/mol. The molecule has 0 heterocycles. The molecule has 3 unspecified atom stereocenters. The molecule has 2 aromatic rings. The van der Waals surface area contributed by atoms with Gasteiger partial charge in [-0.05, 0) is 94.0 Å². The van der Waals surface area contributed by atoms with Crippen molar-refractivity contribution in [2.24, 2.45) is 17.8 Å². The molecule has 3 atom stereocenters. The second kappa shape index (κ2) is 15.2. The summed E-state index contributed by atoms with van der Waals surface area (Å²) in [7, 11) is 3.75. The van der Waals surface area contributed by atoms with Crippen molar-refractivity contribution < 1.29 is 19.8 Å². The number of hydrogen-bond donors (Lipinski definition) is 5. The average Bonchev–Trinajstić information content (AvgIpc) is 2.84. The standard InChI is InChI=1S/C28H41N3O4/c1-20(12-14-30-3)26(28(34)35)18-22-8-5-11-25(17-22)31-19-23-9-4-7-21(15-23)16-24(27(32)33)10-6-13-29-2/h4-5,7-9,11,15,17,20,24,26,29-31H,6,10,12-14,16,18-19H2,1-3H3,(H,32,33)(H,34,35). The molecular weight excluding hydrogens is 442 g/mol. The maximum absolute atomic E-state index is 11.9. The van der Waals surface area contributed by atoms with Crippen molar-refractivity contribution in [1.29, 1.82) is 0 Å². The Morgan fingerprint density at radius 1 is 0.829 bits per heavy atom. The molecule has 0 aliphatic carbocycles. The van der Waals surface area contributed by atoms with Gasteiger partial charge in [0, 0.05) is 12.2 Å². The van der Waals surface area contributed by atoms with Crippen molar-refractivity contribution in [3.8, 4) is 0 Å². The third-order valence-corrected chi connectivity index (χ3v) is 6.54. The highest BCUT2D eigenvalue weighted by Gasteiger charge is 2.24. The first-order valence-corrected chi connectivity index (χ1v) is 12.5. The van der Waals surface area contributed by atoms with Gasteiger partial charge in [-0.3, -0.25) is 9.59 Å². The van der Waals surface area contributed by atoms with Crippen LogP contribution < -0.4 is 16.0 Å². The smallest absolute Gasteiger partial charge is 0.307 e. The zero-order chi connectivity index (χ0) is 25.6. The quantitative estimate of drug-likeness (QED) is 0.216. The molecule has 192 valence electrons. The third kappa shape index (κ3) is 10.1. The maximum atomic E-state index is 11.9. The fourth-order valence-electron chi connectivity index (χ4n) is 4.36. The predicted octanol–water partition coefficient (Wildman–Crippen LogP) is 4.03. The molecule has 2 rings (SSSR count). The summed E-state index contributed by atoms with van der Waals surface area (Å²) in [5, 5.41) is 28.9. The summed E-state index contributed by atoms with van der Waals surface area (Å²) in [5.41, 5.74) is 4.04. The van der Waals surface area contributed by atoms with Crippen molar-refractivity contribution in [2.75, 3.05) is 32.5 Å². The molecule has 0 saturated heterocycles. The SMILES string of the molecule is CNCCCC(Cc1cccc(CNc2cccc(CC(C(=O)O)C(C)CCNC)c2)c1)C(=O)O. The van der Waals surface area contributed by atoms with Crippen molar-refractivity contribution in [3.63, 3.8) is 0 Å². The lowest BCUT2D eigenvalue weighted by atomic mass is 9.86. The van der Waals surface area contributed by atoms with E-state index < -0.39 is 17.9 Å². The van der Waals surface area contributed by atoms with Crippen molar-refractivity contribution >= 4 is 17.6 Å². The largest absolute Gasteiger partial charge is 0.481 e. The fourth-order valence-corrected chi connectivity index (χ4v) is 4.36. The van der Waals surface area contributed by atoms with Crippen LogP contribution in [0.4, 0.5) is 5.69 Å². The third-order valence-electron chi connectivity index (χ3n) is 6.54. The summed E-state index contributed by atoms with van der Waals surface area (Å²) in [6.45, 7) is 4.22. The van der Waals surface area contributed by atoms with Crippen LogP contribution in [0.2, 0.25) is 0 Å². The summed E-state index contributed by atoms with van der Waals surface area (Å²) in [4.78, 5) is 23.5. The molecule has 0 aliphatic rings. The number of carboxylic acids is 2. The zero-order valence-electron chi connectivity index (χ0n) is 21.2. The van der Waals surface area contributed by atoms with Gasteiger partial charge in [0.25, 0.3) is 0 Å². The first kappa shape index (κ1) is 28.3. The van der Waals surface area contributed by atoms with Gasteiger partial charge in [0.2, 0.25) is 0 Å². The van der Waals surface area contributed by atoms with E-state index in [0.29, 0.717) is 25.8 Å². The molecule has 2 aromatic carbocycles. The minimum Gasteiger partial charge on any atom is -0.481 e. The Kier molecular flexibility index (Phi) is 12.3. The Morgan fingerprint density at radius 3 is 2.14 bits per heavy atom. The maximum Gasteiger partial charge on any atom is 0.307 e. The molecule has 0 spiro atoms. The number of carbonyl (C=O) groups is 2. The average molecular weight is 484 g/mol. The topological polar surface area (TPSA) is 111 Å². The van der Waals surface area contributed by atoms with E-state index in [9.17, 15) is 19.8 Å². The number of nitrogens with one attached hydrogen (secondary N) is 3. The lowest BCUT2D eigenvalue weighted by Crippen LogP contribution is -2.26. The molecule has 0 bridgehead atoms. The van der Waals surface area contributed by atoms with Gasteiger partial charge in [0.1, 0.15) is 0 Å². The lowest BCUT2D eigenvalue weighted by Gasteiger charge is -2.20. The molecule has 7 heteroatoms. The van der Waals surface area contributed by atoms with Gasteiger partial charge in [0.15, 0.2) is 0 Å². The minimum absolute atomic E-state index is 0.0761. The molecule has 0 saturated carbocycles. The normalized spacial score (nSPS) is 13.7. The van der Waals surface area contributed by atoms with Crippen LogP contribution in [0.25, 0.3) is 0 Å². The Morgan fingerprint density at radius 2 is 1.49 bits per heavy atom. The number of anilines is 1. The van der Waals surface area contributed by atoms with Gasteiger partial charge in [-0.2, -0.15) is 0 Å². The number of benzene rings is 2. The highest BCUT2D eigenvalue weighted by Crippen LogP contribution is 2.23. The predicted molar refractivity (Wildman–Crippen MR) is 141 cm³/mol. The highest BCUT2D eigenvalue weighted by molar-refractivity contribution is 5.71. The van der Waals surface area contributed by atoms with E-state index in [0.717, 1.165) is 48.3 Å². The summed E-state index contributed by atoms with van der Waals surface area (Å²) >= 11 is 0. The van der Waals surface area contributed by atoms with Gasteiger partial charge in [0.05, 0.1) is 11.8 Å². The van der Waals surface area contributed by atoms with E-state index in [-0.39, 0.29) is 11.8 Å². The molecule has 0 amide bonds. The number of aliphatic carboxylic acids is 2. The van der Waals surface area contributed by atoms with Crippen molar-refractivity contribution in [3.05, 3.63) is 65.2 Å². The number of carboxylic acid groups (broad SMARTS) is 2. The second-order valence-corrected chi connectivity index (χ2v) is 9.38. The molecule has 0 fully saturated rings. The van der Waals surface area contributed by atoms with Crippen LogP contribution in [0.5, 0.6) is 0 Å². The van der Waals surface area contributed by atoms with E-state index in [1.807, 2.05) is 63.5 Å². The van der Waals surface area contributed by atoms with Crippen LogP contribution in [0, 0.1) is 17.8 Å². The van der Waals surface area contributed by atoms with Gasteiger partial charge in [-0.1, -0.05) is 43.3 Å². The molecule has 7 nitrogen and oxygen atoms in total. The molecule has 0 radical (unpaired) electrons. The van der Waals surface area contributed by atoms with Gasteiger partial charge < -0.3 is 26.2 Å². The van der Waals surface area contributed by atoms with Crippen LogP contribution >= 0.6 is 0 Å². The Labute approximate surface area is 209 Å². The zero-order valence-corrected chi connectivity index (χ0v) is 21.2. The summed E-state index contributed by atoms with van der Waals surface area (Å²) in [6.07, 6.45) is 3.32. The highest BCUT2D eigenvalue weighted by atomic mass is 16.4. The Balaban J connectivity index is 1.99. The number of rotatable bonds is 17. The lowest BCUT2D eigenvalue weighted by molar-refractivity contribution is -0.144. The van der Waals surface area contributed by atoms with Crippen LogP contribution in [0.3, 0.4) is 0 Å². The summed E-state index contributed by atoms with van der Waals surface area (Å²) in [6, 6.07) is 16.0. The second-order valence-electron chi connectivity index (χ2n) is 9.38. The van der Waals surface area contributed by atoms with Gasteiger partial charge in [-0.15, -0.1) is 0 Å². The molecule has 0 aromatic heterocycles. The van der Waals surface area contributed by atoms with Gasteiger partial charge >= 0.3 is 11.9 Å². The van der Waals surface area contributed by atoms with Crippen molar-refractivity contribution in [1.82, 2.24) is 10.6 Å². The van der Waals surface area contributed by atoms with Crippen LogP contribution in [-0.4, -0.2) is 49.3 Å². The van der Waals surface area contributed by atoms with E-state index in [1.165, 1.54) is 0 Å². The molecule has 5 N–H and O–H groups in total. The summed E-state index contributed by atoms with van der Waals surface area (Å²) in [5.74, 6) is -2.24. The van der Waals surface area contributed by atoms with Crippen LogP contribution in [0.1, 0.15) is 42.9 Å². The first-order valence-electron chi connectivity index (χ1n) is 12.5. The van der Waals surface area contributed by atoms with Gasteiger partial charge in [-0.25, -0.2) is 0 Å². The van der Waals surface area contributed by atoms with E-state index in [2.05, 4.69) is 22.0 Å². The number of hydrogen-bond acceptors (Lipinski definition) is 5. The molecular formula is C28H41N3O4.